The van der Waals surface area contributed by atoms with Crippen LogP contribution in [0, 0.1) is 0 Å². The number of hydrogen-bond acceptors (Lipinski definition) is 19. The molecule has 0 aromatic heterocycles. The maximum atomic E-state index is 14.7. The molecule has 8 aromatic carbocycles. The van der Waals surface area contributed by atoms with Gasteiger partial charge in [-0.3, -0.25) is 53.1 Å². The Morgan fingerprint density at radius 1 is 0.330 bits per heavy atom. The summed E-state index contributed by atoms with van der Waals surface area (Å²) in [5.74, 6) is -4.00. The van der Waals surface area contributed by atoms with Crippen molar-refractivity contribution in [2.45, 2.75) is 52.8 Å². The SMILES string of the molecule is CC(C)(C)OC(=O)NCCOCCOCCNC(=O)c1cccc(C(=O)NCCN2CCNC(=O)c3cccc(c3OCc3ccccc3)C(=O)NCCN3CCNC(=O)c4cccc(c4OCc4ccccc4)C(=O)NCCN(CCNC(=O)c4cccc(c4OCc4ccccc4)C(=O)NCC3)CC2)c1OCc1ccccc1. The Labute approximate surface area is 670 Å². The second kappa shape index (κ2) is 44.9. The molecule has 0 radical (unpaired) electrons. The molecule has 9 N–H and O–H groups in total. The van der Waals surface area contributed by atoms with Gasteiger partial charge in [0.05, 0.1) is 70.9 Å². The van der Waals surface area contributed by atoms with Crippen LogP contribution < -0.4 is 66.8 Å². The summed E-state index contributed by atoms with van der Waals surface area (Å²) >= 11 is 0. The topological polar surface area (TPSA) is 336 Å². The average molecular weight is 1570 g/mol. The highest BCUT2D eigenvalue weighted by atomic mass is 16.6. The second-order valence-corrected chi connectivity index (χ2v) is 28.1. The molecule has 0 fully saturated rings. The Hall–Kier alpha value is -12.2. The zero-order chi connectivity index (χ0) is 81.0. The van der Waals surface area contributed by atoms with Crippen LogP contribution in [-0.4, -0.2) is 218 Å². The highest BCUT2D eigenvalue weighted by Gasteiger charge is 2.28. The molecular formula is C87H102N12O16. The van der Waals surface area contributed by atoms with Gasteiger partial charge in [0.25, 0.3) is 47.3 Å². The van der Waals surface area contributed by atoms with Gasteiger partial charge in [-0.25, -0.2) is 4.79 Å². The lowest BCUT2D eigenvalue weighted by molar-refractivity contribution is 0.0399. The van der Waals surface area contributed by atoms with Gasteiger partial charge >= 0.3 is 6.09 Å². The highest BCUT2D eigenvalue weighted by molar-refractivity contribution is 6.07. The van der Waals surface area contributed by atoms with E-state index in [2.05, 4.69) is 47.9 Å². The molecule has 3 aliphatic rings. The Balaban J connectivity index is 0.942. The van der Waals surface area contributed by atoms with Crippen LogP contribution >= 0.6 is 0 Å². The number of alkyl carbamates (subject to hydrolysis) is 1. The molecule has 8 aromatic rings. The number of fused-ring (bicyclic) bond motifs is 21. The second-order valence-electron chi connectivity index (χ2n) is 28.1. The van der Waals surface area contributed by atoms with Crippen molar-refractivity contribution in [1.29, 1.82) is 0 Å². The van der Waals surface area contributed by atoms with Gasteiger partial charge in [0.2, 0.25) is 0 Å². The molecule has 606 valence electrons. The van der Waals surface area contributed by atoms with Crippen molar-refractivity contribution >= 4 is 53.4 Å². The predicted molar refractivity (Wildman–Crippen MR) is 433 cm³/mol. The molecule has 0 spiro atoms. The third kappa shape index (κ3) is 27.3. The van der Waals surface area contributed by atoms with E-state index in [0.717, 1.165) is 22.3 Å². The van der Waals surface area contributed by atoms with Crippen molar-refractivity contribution < 1.29 is 76.3 Å². The van der Waals surface area contributed by atoms with Crippen LogP contribution in [0.25, 0.3) is 0 Å². The third-order valence-electron chi connectivity index (χ3n) is 18.5. The van der Waals surface area contributed by atoms with Crippen molar-refractivity contribution in [2.24, 2.45) is 0 Å². The Morgan fingerprint density at radius 3 is 0.965 bits per heavy atom. The predicted octanol–water partition coefficient (Wildman–Crippen LogP) is 7.43. The fourth-order valence-electron chi connectivity index (χ4n) is 12.6. The van der Waals surface area contributed by atoms with Crippen LogP contribution in [0.3, 0.4) is 0 Å². The molecule has 11 rings (SSSR count). The average Bonchev–Trinajstić information content (AvgIpc) is 0.880. The lowest BCUT2D eigenvalue weighted by atomic mass is 10.1. The molecule has 115 heavy (non-hydrogen) atoms. The number of nitrogens with zero attached hydrogens (tertiary/aromatic N) is 3. The van der Waals surface area contributed by atoms with Crippen LogP contribution in [0.4, 0.5) is 4.79 Å². The first-order chi connectivity index (χ1) is 55.9. The van der Waals surface area contributed by atoms with E-state index in [-0.39, 0.29) is 238 Å². The molecule has 0 saturated carbocycles. The van der Waals surface area contributed by atoms with Crippen LogP contribution in [0.5, 0.6) is 23.0 Å². The van der Waals surface area contributed by atoms with E-state index in [0.29, 0.717) is 0 Å². The number of benzene rings is 8. The van der Waals surface area contributed by atoms with Crippen molar-refractivity contribution in [3.8, 4) is 23.0 Å². The van der Waals surface area contributed by atoms with Gasteiger partial charge in [-0.05, 0) is 91.6 Å². The van der Waals surface area contributed by atoms with Crippen LogP contribution in [0.2, 0.25) is 0 Å². The number of nitrogens with one attached hydrogen (secondary N) is 9. The van der Waals surface area contributed by atoms with E-state index < -0.39 is 59.0 Å². The normalized spacial score (nSPS) is 15.9. The van der Waals surface area contributed by atoms with Crippen LogP contribution in [0.15, 0.2) is 194 Å². The number of para-hydroxylation sites is 4. The number of hydrogen-bond donors (Lipinski definition) is 9. The molecule has 0 aliphatic carbocycles. The van der Waals surface area contributed by atoms with E-state index in [4.69, 9.17) is 33.2 Å². The lowest BCUT2D eigenvalue weighted by Crippen LogP contribution is -2.46. The summed E-state index contributed by atoms with van der Waals surface area (Å²) in [4.78, 5) is 135. The molecule has 28 nitrogen and oxygen atoms in total. The van der Waals surface area contributed by atoms with Gasteiger partial charge in [0, 0.05) is 118 Å². The van der Waals surface area contributed by atoms with E-state index in [9.17, 15) is 43.2 Å². The minimum absolute atomic E-state index is 0.0159. The summed E-state index contributed by atoms with van der Waals surface area (Å²) in [6.45, 7) is 9.05. The maximum absolute atomic E-state index is 14.7. The first-order valence-corrected chi connectivity index (χ1v) is 38.7. The smallest absolute Gasteiger partial charge is 0.407 e. The van der Waals surface area contributed by atoms with Gasteiger partial charge in [0.15, 0.2) is 0 Å². The summed E-state index contributed by atoms with van der Waals surface area (Å²) in [5, 5.41) is 26.8. The minimum Gasteiger partial charge on any atom is -0.487 e. The highest BCUT2D eigenvalue weighted by Crippen LogP contribution is 2.30. The Morgan fingerprint density at radius 2 is 0.626 bits per heavy atom. The molecule has 0 atom stereocenters. The molecule has 3 aliphatic heterocycles. The van der Waals surface area contributed by atoms with Crippen molar-refractivity contribution in [2.75, 3.05) is 144 Å². The quantitative estimate of drug-likeness (QED) is 0.0238. The molecule has 8 bridgehead atoms. The van der Waals surface area contributed by atoms with Gasteiger partial charge in [-0.15, -0.1) is 0 Å². The van der Waals surface area contributed by atoms with Crippen molar-refractivity contribution in [1.82, 2.24) is 62.6 Å². The number of ether oxygens (including phenoxy) is 7. The summed E-state index contributed by atoms with van der Waals surface area (Å²) in [6, 6.07) is 56.4. The van der Waals surface area contributed by atoms with Gasteiger partial charge in [-0.2, -0.15) is 0 Å². The Bertz CT molecular complexity index is 4410. The first-order valence-electron chi connectivity index (χ1n) is 38.7. The van der Waals surface area contributed by atoms with Crippen LogP contribution in [-0.2, 0) is 40.6 Å². The lowest BCUT2D eigenvalue weighted by Gasteiger charge is -2.28. The van der Waals surface area contributed by atoms with E-state index >= 15 is 0 Å². The third-order valence-corrected chi connectivity index (χ3v) is 18.5. The van der Waals surface area contributed by atoms with E-state index in [1.807, 2.05) is 136 Å². The first kappa shape index (κ1) is 85.2. The fraction of sp³-hybridized carbons (Fsp3) is 0.345. The van der Waals surface area contributed by atoms with Gasteiger partial charge in [-0.1, -0.05) is 146 Å². The largest absolute Gasteiger partial charge is 0.487 e. The minimum atomic E-state index is -0.629. The summed E-state index contributed by atoms with van der Waals surface area (Å²) in [6.07, 6.45) is -0.544. The number of carbonyl (C=O) groups excluding carboxylic acids is 9. The number of carbonyl (C=O) groups is 9. The number of rotatable bonds is 26. The molecule has 0 unspecified atom stereocenters. The van der Waals surface area contributed by atoms with Gasteiger partial charge < -0.3 is 81.0 Å². The van der Waals surface area contributed by atoms with E-state index in [1.165, 1.54) is 0 Å². The number of amides is 9. The molecule has 0 saturated heterocycles. The molecule has 9 amide bonds. The van der Waals surface area contributed by atoms with Crippen molar-refractivity contribution in [3.05, 3.63) is 261 Å². The summed E-state index contributed by atoms with van der Waals surface area (Å²) in [7, 11) is 0. The zero-order valence-electron chi connectivity index (χ0n) is 65.2. The van der Waals surface area contributed by atoms with Gasteiger partial charge in [0.1, 0.15) is 55.0 Å². The molecule has 3 heterocycles. The molecule has 28 heteroatoms. The standard InChI is InChI=1S/C87H102N12O16/c1-87(2,3)115-86(108)96-44-55-110-57-56-109-54-43-95-85(107)73-35-19-34-72(77(73)114-61-65-26-14-7-15-27-65)84(106)94-42-51-99-50-41-93-83(105)71-33-18-30-68(76(71)113-60-64-24-12-6-13-25-64)80(102)90-38-47-97-45-36-88-78(100)66-28-16-31-69(74(66)111-58-62-20-8-4-9-21-62)81(103)91-39-48-98(52-53-99)49-40-92-82(104)70-32-17-29-67(79(101)89-37-46-97)75(70)112-59-63-22-10-5-11-23-63/h4-35H,36-61H2,1-3H3,(H,88,100)(H,89,101)(H,90,102)(H,91,103)(H,92,104)(H,93,105)(H,94,106)(H,95,107)(H,96,108). The summed E-state index contributed by atoms with van der Waals surface area (Å²) in [5.41, 5.74) is 3.34. The van der Waals surface area contributed by atoms with E-state index in [1.54, 1.807) is 93.6 Å². The van der Waals surface area contributed by atoms with Crippen LogP contribution in [0.1, 0.15) is 126 Å². The van der Waals surface area contributed by atoms with Crippen molar-refractivity contribution in [3.63, 3.8) is 0 Å². The maximum Gasteiger partial charge on any atom is 0.407 e. The fourth-order valence-corrected chi connectivity index (χ4v) is 12.6. The zero-order valence-corrected chi connectivity index (χ0v) is 65.2. The Kier molecular flexibility index (Phi) is 33.3. The molecular weight excluding hydrogens is 1470 g/mol. The summed E-state index contributed by atoms with van der Waals surface area (Å²) < 4.78 is 42.3. The monoisotopic (exact) mass is 1570 g/mol.